The number of amides is 1. The Morgan fingerprint density at radius 1 is 1.35 bits per heavy atom. The number of halogens is 1. The number of guanidine groups is 1. The van der Waals surface area contributed by atoms with Gasteiger partial charge in [-0.25, -0.2) is 20.0 Å². The fourth-order valence-corrected chi connectivity index (χ4v) is 3.42. The average molecular weight is 511 g/mol. The zero-order valence-electron chi connectivity index (χ0n) is 19.2. The summed E-state index contributed by atoms with van der Waals surface area (Å²) in [5, 5.41) is 4.83. The molecule has 34 heavy (non-hydrogen) atoms. The van der Waals surface area contributed by atoms with E-state index in [1.165, 1.54) is 28.2 Å². The first-order valence-electron chi connectivity index (χ1n) is 9.22. The summed E-state index contributed by atoms with van der Waals surface area (Å²) in [6.45, 7) is -0.269. The Bertz CT molecular complexity index is 1000. The van der Waals surface area contributed by atoms with Crippen LogP contribution < -0.4 is 90.4 Å². The first kappa shape index (κ1) is 30.9. The van der Waals surface area contributed by atoms with Crippen LogP contribution in [0.2, 0.25) is 0 Å². The smallest absolute Gasteiger partial charge is 0.820 e. The third-order valence-corrected chi connectivity index (χ3v) is 5.00. The molecule has 1 aromatic carbocycles. The molecule has 0 aliphatic carbocycles. The third-order valence-electron chi connectivity index (χ3n) is 4.64. The molecule has 0 bridgehead atoms. The molecule has 3 rings (SSSR count). The molecule has 172 valence electrons. The summed E-state index contributed by atoms with van der Waals surface area (Å²) in [6.07, 6.45) is -0.0135. The second-order valence-electron chi connectivity index (χ2n) is 6.80. The van der Waals surface area contributed by atoms with E-state index in [0.717, 1.165) is 0 Å². The van der Waals surface area contributed by atoms with Crippen LogP contribution in [-0.2, 0) is 9.26 Å². The van der Waals surface area contributed by atoms with Gasteiger partial charge in [-0.05, 0) is 30.3 Å². The number of aromatic nitrogens is 1. The number of carbonyl (C=O) groups excluding carboxylic acids is 1. The van der Waals surface area contributed by atoms with E-state index >= 15 is 0 Å². The Morgan fingerprint density at radius 3 is 2.59 bits per heavy atom. The Hall–Kier alpha value is -1.09. The first-order chi connectivity index (χ1) is 15.2. The van der Waals surface area contributed by atoms with E-state index in [1.807, 2.05) is 0 Å². The maximum atomic E-state index is 14.8. The number of carbonyl (C=O) groups is 1. The Kier molecular flexibility index (Phi) is 12.6. The summed E-state index contributed by atoms with van der Waals surface area (Å²) in [6, 6.07) is 7.58. The molecule has 0 saturated carbocycles. The normalized spacial score (nSPS) is 15.5. The standard InChI is InChI=1S/C18H21FN7O5P.2Na/c1-24(17(23-20)25(2)21)16-6-3-11(8-22-16)14-5-4-12(7-15(14)19)26-9-13(31-18(26)27)10-30-32(28)29;;/h3-8,13H,9-10,20-21H2,1-2H3;;/q-2;2*+1/b23-17-;;. The Balaban J connectivity index is 0.00000289. The van der Waals surface area contributed by atoms with E-state index in [1.54, 1.807) is 37.2 Å². The van der Waals surface area contributed by atoms with Gasteiger partial charge in [-0.15, -0.1) is 5.10 Å². The molecule has 1 aromatic heterocycles. The monoisotopic (exact) mass is 511 g/mol. The minimum absolute atomic E-state index is 0. The van der Waals surface area contributed by atoms with Gasteiger partial charge in [0.15, 0.2) is 0 Å². The molecular formula is C18H21FN7Na2O5P. The van der Waals surface area contributed by atoms with Crippen LogP contribution in [0.3, 0.4) is 0 Å². The van der Waals surface area contributed by atoms with Gasteiger partial charge < -0.3 is 24.9 Å². The molecule has 12 nitrogen and oxygen atoms in total. The SMILES string of the molecule is CN(N)/C(=N\N)N(C)c1ccc(-c2ccc(N3CC(COP([O-])[O-])OC3=O)cc2F)cn1.[Na+].[Na+]. The number of rotatable bonds is 6. The molecule has 0 spiro atoms. The average Bonchev–Trinajstić information content (AvgIpc) is 3.13. The van der Waals surface area contributed by atoms with Crippen molar-refractivity contribution >= 4 is 32.2 Å². The van der Waals surface area contributed by atoms with Crippen molar-refractivity contribution in [2.75, 3.05) is 37.0 Å². The summed E-state index contributed by atoms with van der Waals surface area (Å²) < 4.78 is 24.3. The minimum atomic E-state index is -3.05. The molecule has 1 unspecified atom stereocenters. The fraction of sp³-hybridized carbons (Fsp3) is 0.278. The number of nitrogens with two attached hydrogens (primary N) is 2. The van der Waals surface area contributed by atoms with E-state index in [9.17, 15) is 19.0 Å². The Morgan fingerprint density at radius 2 is 2.06 bits per heavy atom. The van der Waals surface area contributed by atoms with Gasteiger partial charge in [0.1, 0.15) is 17.7 Å². The van der Waals surface area contributed by atoms with Gasteiger partial charge in [0.25, 0.3) is 0 Å². The van der Waals surface area contributed by atoms with E-state index in [4.69, 9.17) is 16.4 Å². The fourth-order valence-electron chi connectivity index (χ4n) is 3.13. The number of ether oxygens (including phenoxy) is 1. The van der Waals surface area contributed by atoms with Gasteiger partial charge in [-0.3, -0.25) is 14.8 Å². The van der Waals surface area contributed by atoms with Crippen LogP contribution in [0.25, 0.3) is 11.1 Å². The molecule has 4 N–H and O–H groups in total. The van der Waals surface area contributed by atoms with Gasteiger partial charge in [-0.1, -0.05) is 0 Å². The summed E-state index contributed by atoms with van der Waals surface area (Å²) in [4.78, 5) is 40.2. The summed E-state index contributed by atoms with van der Waals surface area (Å²) in [5.41, 5.74) is 1.05. The van der Waals surface area contributed by atoms with Crippen molar-refractivity contribution < 1.29 is 87.3 Å². The number of hydrogen-bond acceptors (Lipinski definition) is 9. The molecule has 0 radical (unpaired) electrons. The van der Waals surface area contributed by atoms with E-state index in [0.29, 0.717) is 11.4 Å². The van der Waals surface area contributed by atoms with Crippen molar-refractivity contribution in [2.24, 2.45) is 16.8 Å². The topological polar surface area (TPSA) is 169 Å². The van der Waals surface area contributed by atoms with Gasteiger partial charge in [0.2, 0.25) is 5.96 Å². The molecular weight excluding hydrogens is 490 g/mol. The summed E-state index contributed by atoms with van der Waals surface area (Å²) >= 11 is 0. The third kappa shape index (κ3) is 7.45. The molecule has 1 aliphatic rings. The van der Waals surface area contributed by atoms with Gasteiger partial charge in [0, 0.05) is 31.4 Å². The molecule has 1 aliphatic heterocycles. The van der Waals surface area contributed by atoms with Crippen LogP contribution in [0.15, 0.2) is 41.6 Å². The molecule has 1 fully saturated rings. The predicted molar refractivity (Wildman–Crippen MR) is 112 cm³/mol. The van der Waals surface area contributed by atoms with Crippen molar-refractivity contribution in [3.05, 3.63) is 42.3 Å². The van der Waals surface area contributed by atoms with Gasteiger partial charge >= 0.3 is 65.2 Å². The van der Waals surface area contributed by atoms with Crippen molar-refractivity contribution in [1.29, 1.82) is 0 Å². The van der Waals surface area contributed by atoms with E-state index in [-0.39, 0.29) is 89.5 Å². The van der Waals surface area contributed by atoms with Crippen LogP contribution in [0, 0.1) is 5.82 Å². The van der Waals surface area contributed by atoms with E-state index < -0.39 is 26.6 Å². The van der Waals surface area contributed by atoms with Crippen molar-refractivity contribution in [3.63, 3.8) is 0 Å². The van der Waals surface area contributed by atoms with E-state index in [2.05, 4.69) is 14.6 Å². The zero-order valence-corrected chi connectivity index (χ0v) is 24.1. The molecule has 2 aromatic rings. The molecule has 16 heteroatoms. The molecule has 1 saturated heterocycles. The number of nitrogens with zero attached hydrogens (tertiary/aromatic N) is 5. The van der Waals surface area contributed by atoms with Crippen LogP contribution in [-0.4, -0.2) is 55.4 Å². The molecule has 1 atom stereocenters. The summed E-state index contributed by atoms with van der Waals surface area (Å²) in [5.74, 6) is 11.2. The number of hydrazine groups is 1. The van der Waals surface area contributed by atoms with Crippen LogP contribution >= 0.6 is 8.60 Å². The van der Waals surface area contributed by atoms with Gasteiger partial charge in [0.05, 0.1) is 18.8 Å². The van der Waals surface area contributed by atoms with Crippen molar-refractivity contribution in [1.82, 2.24) is 9.99 Å². The Labute approximate surface area is 241 Å². The predicted octanol–water partition coefficient (Wildman–Crippen LogP) is -6.34. The number of hydrazone groups is 1. The minimum Gasteiger partial charge on any atom is -0.820 e. The van der Waals surface area contributed by atoms with Crippen molar-refractivity contribution in [2.45, 2.75) is 6.10 Å². The van der Waals surface area contributed by atoms with Gasteiger partial charge in [-0.2, -0.15) is 8.60 Å². The second-order valence-corrected chi connectivity index (χ2v) is 7.51. The largest absolute Gasteiger partial charge is 1.00 e. The maximum absolute atomic E-state index is 14.8. The molecule has 1 amide bonds. The number of benzene rings is 1. The van der Waals surface area contributed by atoms with Crippen LogP contribution in [0.5, 0.6) is 0 Å². The van der Waals surface area contributed by atoms with Crippen LogP contribution in [0.1, 0.15) is 0 Å². The molecule has 2 heterocycles. The number of cyclic esters (lactones) is 1. The maximum Gasteiger partial charge on any atom is 1.00 e. The first-order valence-corrected chi connectivity index (χ1v) is 10.3. The zero-order chi connectivity index (χ0) is 23.4. The number of pyridine rings is 1. The second kappa shape index (κ2) is 13.9. The quantitative estimate of drug-likeness (QED) is 0.0950. The number of hydrogen-bond donors (Lipinski definition) is 2. The van der Waals surface area contributed by atoms with Crippen LogP contribution in [0.4, 0.5) is 20.7 Å². The summed E-state index contributed by atoms with van der Waals surface area (Å²) in [7, 11) is 0.200. The number of anilines is 2. The van der Waals surface area contributed by atoms with Crippen molar-refractivity contribution in [3.8, 4) is 11.1 Å².